The van der Waals surface area contributed by atoms with Crippen LogP contribution in [0, 0.1) is 0 Å². The van der Waals surface area contributed by atoms with Gasteiger partial charge in [0, 0.05) is 6.54 Å². The van der Waals surface area contributed by atoms with Crippen molar-refractivity contribution in [1.29, 1.82) is 0 Å². The molecule has 0 aliphatic carbocycles. The van der Waals surface area contributed by atoms with Crippen LogP contribution in [0.4, 0.5) is 0 Å². The minimum Gasteiger partial charge on any atom is -0.486 e. The van der Waals surface area contributed by atoms with Crippen molar-refractivity contribution in [2.24, 2.45) is 0 Å². The second kappa shape index (κ2) is 7.10. The highest BCUT2D eigenvalue weighted by Crippen LogP contribution is 2.30. The summed E-state index contributed by atoms with van der Waals surface area (Å²) >= 11 is 0. The molecule has 0 atom stereocenters. The van der Waals surface area contributed by atoms with Crippen molar-refractivity contribution in [3.8, 4) is 11.5 Å². The summed E-state index contributed by atoms with van der Waals surface area (Å²) in [6.07, 6.45) is 3.73. The molecule has 3 heterocycles. The standard InChI is InChI=1S/C17H21N5O3/c23-17(14-11-22(21-20-14)13-3-5-18-6-4-13)19-10-12-1-2-15-16(9-12)25-8-7-24-15/h1-2,9,11,13,18H,3-8,10H2,(H,19,23). The molecule has 8 nitrogen and oxygen atoms in total. The molecule has 1 fully saturated rings. The molecule has 0 unspecified atom stereocenters. The number of nitrogens with zero attached hydrogens (tertiary/aromatic N) is 3. The van der Waals surface area contributed by atoms with E-state index in [0.29, 0.717) is 31.5 Å². The third-order valence-corrected chi connectivity index (χ3v) is 4.49. The predicted molar refractivity (Wildman–Crippen MR) is 89.8 cm³/mol. The third kappa shape index (κ3) is 3.58. The quantitative estimate of drug-likeness (QED) is 0.857. The van der Waals surface area contributed by atoms with Crippen LogP contribution in [0.3, 0.4) is 0 Å². The van der Waals surface area contributed by atoms with Gasteiger partial charge in [-0.15, -0.1) is 5.10 Å². The van der Waals surface area contributed by atoms with Crippen LogP contribution in [-0.2, 0) is 6.54 Å². The van der Waals surface area contributed by atoms with Crippen LogP contribution >= 0.6 is 0 Å². The van der Waals surface area contributed by atoms with Gasteiger partial charge in [0.1, 0.15) is 13.2 Å². The molecule has 1 aromatic carbocycles. The van der Waals surface area contributed by atoms with E-state index in [-0.39, 0.29) is 5.91 Å². The van der Waals surface area contributed by atoms with Crippen molar-refractivity contribution >= 4 is 5.91 Å². The Balaban J connectivity index is 1.36. The molecule has 2 aliphatic heterocycles. The number of rotatable bonds is 4. The Kier molecular flexibility index (Phi) is 4.51. The Hall–Kier alpha value is -2.61. The minimum absolute atomic E-state index is 0.227. The Labute approximate surface area is 145 Å². The van der Waals surface area contributed by atoms with Gasteiger partial charge < -0.3 is 20.1 Å². The highest BCUT2D eigenvalue weighted by atomic mass is 16.6. The Morgan fingerprint density at radius 2 is 2.04 bits per heavy atom. The van der Waals surface area contributed by atoms with Crippen LogP contribution in [0.25, 0.3) is 0 Å². The van der Waals surface area contributed by atoms with E-state index in [1.54, 1.807) is 10.9 Å². The molecule has 0 bridgehead atoms. The second-order valence-electron chi connectivity index (χ2n) is 6.23. The average molecular weight is 343 g/mol. The van der Waals surface area contributed by atoms with Gasteiger partial charge in [0.05, 0.1) is 12.2 Å². The van der Waals surface area contributed by atoms with E-state index in [1.165, 1.54) is 0 Å². The molecule has 132 valence electrons. The maximum Gasteiger partial charge on any atom is 0.273 e. The molecule has 2 aromatic rings. The first-order chi connectivity index (χ1) is 12.3. The maximum absolute atomic E-state index is 12.3. The molecule has 0 spiro atoms. The number of hydrogen-bond donors (Lipinski definition) is 2. The molecular weight excluding hydrogens is 322 g/mol. The zero-order valence-electron chi connectivity index (χ0n) is 13.9. The summed E-state index contributed by atoms with van der Waals surface area (Å²) in [6, 6.07) is 5.98. The van der Waals surface area contributed by atoms with Crippen molar-refractivity contribution in [2.45, 2.75) is 25.4 Å². The summed E-state index contributed by atoms with van der Waals surface area (Å²) in [4.78, 5) is 12.3. The van der Waals surface area contributed by atoms with E-state index in [0.717, 1.165) is 43.0 Å². The first-order valence-corrected chi connectivity index (χ1v) is 8.59. The number of fused-ring (bicyclic) bond motifs is 1. The summed E-state index contributed by atoms with van der Waals surface area (Å²) in [5.74, 6) is 1.23. The van der Waals surface area contributed by atoms with Gasteiger partial charge in [0.2, 0.25) is 0 Å². The summed E-state index contributed by atoms with van der Waals surface area (Å²) in [5, 5.41) is 14.3. The number of piperidine rings is 1. The fourth-order valence-corrected chi connectivity index (χ4v) is 3.10. The lowest BCUT2D eigenvalue weighted by Gasteiger charge is -2.22. The number of nitrogens with one attached hydrogen (secondary N) is 2. The van der Waals surface area contributed by atoms with E-state index in [1.807, 2.05) is 18.2 Å². The fourth-order valence-electron chi connectivity index (χ4n) is 3.10. The Morgan fingerprint density at radius 1 is 1.24 bits per heavy atom. The highest BCUT2D eigenvalue weighted by molar-refractivity contribution is 5.91. The Morgan fingerprint density at radius 3 is 2.88 bits per heavy atom. The molecule has 8 heteroatoms. The second-order valence-corrected chi connectivity index (χ2v) is 6.23. The first-order valence-electron chi connectivity index (χ1n) is 8.59. The van der Waals surface area contributed by atoms with E-state index in [9.17, 15) is 4.79 Å². The highest BCUT2D eigenvalue weighted by Gasteiger charge is 2.19. The topological polar surface area (TPSA) is 90.3 Å². The van der Waals surface area contributed by atoms with Gasteiger partial charge in [-0.25, -0.2) is 4.68 Å². The summed E-state index contributed by atoms with van der Waals surface area (Å²) in [5.41, 5.74) is 1.29. The van der Waals surface area contributed by atoms with Crippen LogP contribution in [0.1, 0.15) is 34.9 Å². The molecule has 1 amide bonds. The molecule has 4 rings (SSSR count). The van der Waals surface area contributed by atoms with Gasteiger partial charge >= 0.3 is 0 Å². The molecule has 0 radical (unpaired) electrons. The van der Waals surface area contributed by atoms with E-state index >= 15 is 0 Å². The van der Waals surface area contributed by atoms with Crippen LogP contribution < -0.4 is 20.1 Å². The average Bonchev–Trinajstić information content (AvgIpc) is 3.17. The van der Waals surface area contributed by atoms with Gasteiger partial charge in [-0.2, -0.15) is 0 Å². The van der Waals surface area contributed by atoms with Gasteiger partial charge in [-0.1, -0.05) is 11.3 Å². The lowest BCUT2D eigenvalue weighted by atomic mass is 10.1. The van der Waals surface area contributed by atoms with Crippen LogP contribution in [0.5, 0.6) is 11.5 Å². The zero-order chi connectivity index (χ0) is 17.1. The third-order valence-electron chi connectivity index (χ3n) is 4.49. The summed E-state index contributed by atoms with van der Waals surface area (Å²) < 4.78 is 12.9. The van der Waals surface area contributed by atoms with Crippen molar-refractivity contribution < 1.29 is 14.3 Å². The van der Waals surface area contributed by atoms with E-state index in [2.05, 4.69) is 20.9 Å². The lowest BCUT2D eigenvalue weighted by Crippen LogP contribution is -2.29. The number of benzene rings is 1. The van der Waals surface area contributed by atoms with Crippen LogP contribution in [0.2, 0.25) is 0 Å². The SMILES string of the molecule is O=C(NCc1ccc2c(c1)OCCO2)c1cn(C2CCNCC2)nn1. The minimum atomic E-state index is -0.227. The zero-order valence-corrected chi connectivity index (χ0v) is 13.9. The molecule has 2 N–H and O–H groups in total. The van der Waals surface area contributed by atoms with E-state index < -0.39 is 0 Å². The molecule has 25 heavy (non-hydrogen) atoms. The summed E-state index contributed by atoms with van der Waals surface area (Å²) in [7, 11) is 0. The monoisotopic (exact) mass is 343 g/mol. The largest absolute Gasteiger partial charge is 0.486 e. The lowest BCUT2D eigenvalue weighted by molar-refractivity contribution is 0.0945. The number of amides is 1. The molecular formula is C17H21N5O3. The number of hydrogen-bond acceptors (Lipinski definition) is 6. The maximum atomic E-state index is 12.3. The van der Waals surface area contributed by atoms with Crippen LogP contribution in [0.15, 0.2) is 24.4 Å². The number of carbonyl (C=O) groups excluding carboxylic acids is 1. The predicted octanol–water partition coefficient (Wildman–Crippen LogP) is 0.904. The normalized spacial score (nSPS) is 17.3. The van der Waals surface area contributed by atoms with Crippen molar-refractivity contribution in [1.82, 2.24) is 25.6 Å². The molecule has 2 aliphatic rings. The van der Waals surface area contributed by atoms with Crippen LogP contribution in [-0.4, -0.2) is 47.2 Å². The summed E-state index contributed by atoms with van der Waals surface area (Å²) in [6.45, 7) is 3.44. The van der Waals surface area contributed by atoms with Gasteiger partial charge in [0.25, 0.3) is 5.91 Å². The van der Waals surface area contributed by atoms with Gasteiger partial charge in [-0.3, -0.25) is 4.79 Å². The van der Waals surface area contributed by atoms with Crippen molar-refractivity contribution in [2.75, 3.05) is 26.3 Å². The number of aromatic nitrogens is 3. The van der Waals surface area contributed by atoms with Gasteiger partial charge in [-0.05, 0) is 43.6 Å². The molecule has 0 saturated carbocycles. The van der Waals surface area contributed by atoms with Crippen molar-refractivity contribution in [3.05, 3.63) is 35.7 Å². The Bertz CT molecular complexity index is 754. The fraction of sp³-hybridized carbons (Fsp3) is 0.471. The van der Waals surface area contributed by atoms with Crippen molar-refractivity contribution in [3.63, 3.8) is 0 Å². The first kappa shape index (κ1) is 15.9. The molecule has 1 saturated heterocycles. The number of ether oxygens (including phenoxy) is 2. The number of carbonyl (C=O) groups is 1. The van der Waals surface area contributed by atoms with Gasteiger partial charge in [0.15, 0.2) is 17.2 Å². The molecule has 1 aromatic heterocycles. The smallest absolute Gasteiger partial charge is 0.273 e. The van der Waals surface area contributed by atoms with E-state index in [4.69, 9.17) is 9.47 Å².